The number of methoxy groups -OCH3 is 1. The van der Waals surface area contributed by atoms with Gasteiger partial charge in [-0.3, -0.25) is 4.79 Å². The van der Waals surface area contributed by atoms with Gasteiger partial charge in [0.05, 0.1) is 7.11 Å². The molecule has 1 unspecified atom stereocenters. The Kier molecular flexibility index (Phi) is 5.35. The second-order valence-corrected chi connectivity index (χ2v) is 4.77. The van der Waals surface area contributed by atoms with E-state index in [4.69, 9.17) is 4.74 Å². The van der Waals surface area contributed by atoms with E-state index in [1.54, 1.807) is 0 Å². The molecule has 100 valence electrons. The Bertz CT molecular complexity index is 403. The number of nitrogens with one attached hydrogen (secondary N) is 1. The quantitative estimate of drug-likeness (QED) is 0.815. The van der Waals surface area contributed by atoms with Crippen molar-refractivity contribution >= 4 is 5.97 Å². The zero-order chi connectivity index (χ0) is 13.7. The fourth-order valence-electron chi connectivity index (χ4n) is 2.54. The van der Waals surface area contributed by atoms with Crippen LogP contribution >= 0.6 is 0 Å². The smallest absolute Gasteiger partial charge is 0.305 e. The molecule has 18 heavy (non-hydrogen) atoms. The third-order valence-corrected chi connectivity index (χ3v) is 3.30. The Balaban J connectivity index is 2.91. The summed E-state index contributed by atoms with van der Waals surface area (Å²) in [5.41, 5.74) is 5.12. The fourth-order valence-corrected chi connectivity index (χ4v) is 2.54. The molecule has 0 spiro atoms. The van der Waals surface area contributed by atoms with Gasteiger partial charge in [0.25, 0.3) is 0 Å². The van der Waals surface area contributed by atoms with Crippen LogP contribution in [0.4, 0.5) is 0 Å². The van der Waals surface area contributed by atoms with Crippen LogP contribution in [0.2, 0.25) is 0 Å². The maximum Gasteiger partial charge on any atom is 0.305 e. The second kappa shape index (κ2) is 6.55. The van der Waals surface area contributed by atoms with Crippen molar-refractivity contribution in [1.29, 1.82) is 0 Å². The summed E-state index contributed by atoms with van der Waals surface area (Å²) >= 11 is 0. The Morgan fingerprint density at radius 2 is 1.83 bits per heavy atom. The highest BCUT2D eigenvalue weighted by molar-refractivity contribution is 5.69. The largest absolute Gasteiger partial charge is 0.469 e. The topological polar surface area (TPSA) is 38.3 Å². The number of benzene rings is 1. The van der Waals surface area contributed by atoms with Gasteiger partial charge in [-0.1, -0.05) is 17.7 Å². The van der Waals surface area contributed by atoms with Crippen LogP contribution in [-0.4, -0.2) is 20.1 Å². The van der Waals surface area contributed by atoms with Crippen LogP contribution in [0.15, 0.2) is 12.1 Å². The van der Waals surface area contributed by atoms with E-state index in [1.807, 2.05) is 7.05 Å². The highest BCUT2D eigenvalue weighted by Crippen LogP contribution is 2.26. The molecule has 0 aliphatic rings. The summed E-state index contributed by atoms with van der Waals surface area (Å²) in [6.07, 6.45) is 1.20. The van der Waals surface area contributed by atoms with E-state index in [9.17, 15) is 4.79 Å². The number of hydrogen-bond acceptors (Lipinski definition) is 3. The Labute approximate surface area is 110 Å². The zero-order valence-electron chi connectivity index (χ0n) is 12.0. The summed E-state index contributed by atoms with van der Waals surface area (Å²) in [4.78, 5) is 11.2. The van der Waals surface area contributed by atoms with Crippen molar-refractivity contribution in [3.63, 3.8) is 0 Å². The molecule has 1 aromatic rings. The van der Waals surface area contributed by atoms with Gasteiger partial charge >= 0.3 is 5.97 Å². The number of carbonyl (C=O) groups excluding carboxylic acids is 1. The molecular formula is C15H23NO2. The van der Waals surface area contributed by atoms with Crippen LogP contribution in [0.1, 0.15) is 41.1 Å². The molecule has 0 aromatic heterocycles. The summed E-state index contributed by atoms with van der Waals surface area (Å²) < 4.78 is 4.69. The first-order valence-electron chi connectivity index (χ1n) is 6.31. The SMILES string of the molecule is CNC(CCC(=O)OC)c1c(C)cc(C)cc1C. The molecular weight excluding hydrogens is 226 g/mol. The van der Waals surface area contributed by atoms with Gasteiger partial charge in [-0.15, -0.1) is 0 Å². The van der Waals surface area contributed by atoms with Gasteiger partial charge in [0, 0.05) is 12.5 Å². The van der Waals surface area contributed by atoms with E-state index in [-0.39, 0.29) is 12.0 Å². The number of ether oxygens (including phenoxy) is 1. The minimum Gasteiger partial charge on any atom is -0.469 e. The predicted molar refractivity (Wildman–Crippen MR) is 73.7 cm³/mol. The molecule has 0 heterocycles. The summed E-state index contributed by atoms with van der Waals surface area (Å²) in [7, 11) is 3.36. The Hall–Kier alpha value is -1.35. The first kappa shape index (κ1) is 14.7. The van der Waals surface area contributed by atoms with E-state index < -0.39 is 0 Å². The molecule has 0 bridgehead atoms. The molecule has 1 atom stereocenters. The van der Waals surface area contributed by atoms with E-state index in [2.05, 4.69) is 38.2 Å². The second-order valence-electron chi connectivity index (χ2n) is 4.77. The Morgan fingerprint density at radius 3 is 2.28 bits per heavy atom. The lowest BCUT2D eigenvalue weighted by molar-refractivity contribution is -0.140. The zero-order valence-corrected chi connectivity index (χ0v) is 12.0. The monoisotopic (exact) mass is 249 g/mol. The number of hydrogen-bond donors (Lipinski definition) is 1. The van der Waals surface area contributed by atoms with Crippen LogP contribution in [-0.2, 0) is 9.53 Å². The molecule has 0 amide bonds. The molecule has 1 rings (SSSR count). The van der Waals surface area contributed by atoms with Gasteiger partial charge in [-0.05, 0) is 50.9 Å². The van der Waals surface area contributed by atoms with Crippen molar-refractivity contribution in [2.45, 2.75) is 39.7 Å². The number of rotatable bonds is 5. The van der Waals surface area contributed by atoms with Crippen molar-refractivity contribution in [2.75, 3.05) is 14.2 Å². The molecule has 0 aliphatic carbocycles. The Morgan fingerprint density at radius 1 is 1.28 bits per heavy atom. The van der Waals surface area contributed by atoms with E-state index in [1.165, 1.54) is 29.4 Å². The molecule has 3 heteroatoms. The lowest BCUT2D eigenvalue weighted by Gasteiger charge is -2.21. The molecule has 1 N–H and O–H groups in total. The highest BCUT2D eigenvalue weighted by Gasteiger charge is 2.16. The normalized spacial score (nSPS) is 12.3. The van der Waals surface area contributed by atoms with Crippen LogP contribution in [0, 0.1) is 20.8 Å². The van der Waals surface area contributed by atoms with Crippen LogP contribution in [0.5, 0.6) is 0 Å². The van der Waals surface area contributed by atoms with Crippen molar-refractivity contribution in [3.8, 4) is 0 Å². The van der Waals surface area contributed by atoms with Gasteiger partial charge in [0.1, 0.15) is 0 Å². The average Bonchev–Trinajstić information content (AvgIpc) is 2.31. The van der Waals surface area contributed by atoms with Crippen LogP contribution < -0.4 is 5.32 Å². The van der Waals surface area contributed by atoms with Crippen LogP contribution in [0.25, 0.3) is 0 Å². The number of aryl methyl sites for hydroxylation is 3. The maximum atomic E-state index is 11.2. The van der Waals surface area contributed by atoms with Crippen molar-refractivity contribution < 1.29 is 9.53 Å². The minimum atomic E-state index is -0.155. The molecule has 0 saturated carbocycles. The van der Waals surface area contributed by atoms with Gasteiger partial charge < -0.3 is 10.1 Å². The van der Waals surface area contributed by atoms with Gasteiger partial charge in [-0.2, -0.15) is 0 Å². The molecule has 1 aromatic carbocycles. The summed E-state index contributed by atoms with van der Waals surface area (Å²) in [6.45, 7) is 6.35. The van der Waals surface area contributed by atoms with Gasteiger partial charge in [-0.25, -0.2) is 0 Å². The molecule has 0 fully saturated rings. The molecule has 3 nitrogen and oxygen atoms in total. The van der Waals surface area contributed by atoms with Crippen molar-refractivity contribution in [2.24, 2.45) is 0 Å². The minimum absolute atomic E-state index is 0.155. The van der Waals surface area contributed by atoms with Crippen LogP contribution in [0.3, 0.4) is 0 Å². The van der Waals surface area contributed by atoms with Crippen molar-refractivity contribution in [1.82, 2.24) is 5.32 Å². The first-order chi connectivity index (χ1) is 8.49. The maximum absolute atomic E-state index is 11.2. The third kappa shape index (κ3) is 3.57. The first-order valence-corrected chi connectivity index (χ1v) is 6.31. The lowest BCUT2D eigenvalue weighted by Crippen LogP contribution is -2.20. The van der Waals surface area contributed by atoms with E-state index in [0.717, 1.165) is 6.42 Å². The predicted octanol–water partition coefficient (Wildman–Crippen LogP) is 2.83. The molecule has 0 saturated heterocycles. The molecule has 0 radical (unpaired) electrons. The third-order valence-electron chi connectivity index (χ3n) is 3.30. The standard InChI is InChI=1S/C15H23NO2/c1-10-8-11(2)15(12(3)9-10)13(16-4)6-7-14(17)18-5/h8-9,13,16H,6-7H2,1-5H3. The summed E-state index contributed by atoms with van der Waals surface area (Å²) in [5.74, 6) is -0.155. The number of esters is 1. The fraction of sp³-hybridized carbons (Fsp3) is 0.533. The summed E-state index contributed by atoms with van der Waals surface area (Å²) in [5, 5.41) is 3.29. The number of carbonyl (C=O) groups is 1. The van der Waals surface area contributed by atoms with E-state index >= 15 is 0 Å². The highest BCUT2D eigenvalue weighted by atomic mass is 16.5. The summed E-state index contributed by atoms with van der Waals surface area (Å²) in [6, 6.07) is 4.57. The van der Waals surface area contributed by atoms with Gasteiger partial charge in [0.2, 0.25) is 0 Å². The van der Waals surface area contributed by atoms with Gasteiger partial charge in [0.15, 0.2) is 0 Å². The lowest BCUT2D eigenvalue weighted by atomic mass is 9.91. The molecule has 0 aliphatic heterocycles. The average molecular weight is 249 g/mol. The van der Waals surface area contributed by atoms with Crippen molar-refractivity contribution in [3.05, 3.63) is 34.4 Å². The van der Waals surface area contributed by atoms with E-state index in [0.29, 0.717) is 6.42 Å².